The molecule has 2 aliphatic rings. The van der Waals surface area contributed by atoms with Crippen LogP contribution in [0.15, 0.2) is 36.5 Å². The van der Waals surface area contributed by atoms with E-state index in [0.29, 0.717) is 54.6 Å². The Labute approximate surface area is 179 Å². The van der Waals surface area contributed by atoms with Crippen LogP contribution in [0.2, 0.25) is 5.02 Å². The summed E-state index contributed by atoms with van der Waals surface area (Å²) < 4.78 is 0. The van der Waals surface area contributed by atoms with Crippen molar-refractivity contribution >= 4 is 46.5 Å². The van der Waals surface area contributed by atoms with Gasteiger partial charge in [-0.1, -0.05) is 11.6 Å². The van der Waals surface area contributed by atoms with Crippen LogP contribution in [0.4, 0.5) is 17.2 Å². The molecule has 0 saturated carbocycles. The molecule has 1 aromatic carbocycles. The van der Waals surface area contributed by atoms with E-state index in [9.17, 15) is 14.4 Å². The monoisotopic (exact) mass is 427 g/mol. The van der Waals surface area contributed by atoms with E-state index in [4.69, 9.17) is 11.6 Å². The van der Waals surface area contributed by atoms with Crippen molar-refractivity contribution in [2.45, 2.75) is 12.8 Å². The molecule has 3 amide bonds. The van der Waals surface area contributed by atoms with Gasteiger partial charge in [0.15, 0.2) is 0 Å². The van der Waals surface area contributed by atoms with Gasteiger partial charge in [0.05, 0.1) is 22.9 Å². The van der Waals surface area contributed by atoms with E-state index in [2.05, 4.69) is 15.6 Å². The molecular formula is C21H22ClN5O3. The van der Waals surface area contributed by atoms with Crippen LogP contribution in [0.1, 0.15) is 23.2 Å². The van der Waals surface area contributed by atoms with Crippen LogP contribution < -0.4 is 15.5 Å². The number of likely N-dealkylation sites (tertiary alicyclic amines) is 1. The van der Waals surface area contributed by atoms with Crippen molar-refractivity contribution in [3.63, 3.8) is 0 Å². The number of nitrogens with one attached hydrogen (secondary N) is 2. The average molecular weight is 428 g/mol. The van der Waals surface area contributed by atoms with E-state index in [-0.39, 0.29) is 23.6 Å². The highest BCUT2D eigenvalue weighted by atomic mass is 35.5. The first-order valence-corrected chi connectivity index (χ1v) is 10.2. The van der Waals surface area contributed by atoms with E-state index in [1.807, 2.05) is 18.0 Å². The number of aromatic nitrogens is 1. The lowest BCUT2D eigenvalue weighted by Gasteiger charge is -2.32. The summed E-state index contributed by atoms with van der Waals surface area (Å²) in [5.41, 5.74) is 2.05. The number of nitrogens with zero attached hydrogens (tertiary/aromatic N) is 3. The Balaban J connectivity index is 1.36. The third kappa shape index (κ3) is 4.23. The maximum absolute atomic E-state index is 12.9. The maximum Gasteiger partial charge on any atom is 0.253 e. The highest BCUT2D eigenvalue weighted by Crippen LogP contribution is 2.30. The Morgan fingerprint density at radius 2 is 1.97 bits per heavy atom. The lowest BCUT2D eigenvalue weighted by Crippen LogP contribution is -2.41. The number of rotatable bonds is 3. The van der Waals surface area contributed by atoms with Gasteiger partial charge in [0, 0.05) is 37.8 Å². The molecule has 8 nitrogen and oxygen atoms in total. The molecule has 156 valence electrons. The normalized spacial score (nSPS) is 16.7. The fourth-order valence-electron chi connectivity index (χ4n) is 3.80. The molecule has 0 unspecified atom stereocenters. The standard InChI is InChI=1S/C21H22ClN5O3/c1-26-12-19(28)24-16-10-14(2-4-17(16)26)21(30)27-8-6-13(7-9-27)20(29)25-18-5-3-15(22)11-23-18/h2-5,10-11,13H,6-9,12H2,1H3,(H,24,28)(H,23,25,29). The van der Waals surface area contributed by atoms with E-state index < -0.39 is 0 Å². The third-order valence-corrected chi connectivity index (χ3v) is 5.66. The van der Waals surface area contributed by atoms with Gasteiger partial charge < -0.3 is 20.4 Å². The van der Waals surface area contributed by atoms with Gasteiger partial charge in [-0.15, -0.1) is 0 Å². The molecule has 4 rings (SSSR count). The number of fused-ring (bicyclic) bond motifs is 1. The minimum atomic E-state index is -0.178. The highest BCUT2D eigenvalue weighted by molar-refractivity contribution is 6.30. The summed E-state index contributed by atoms with van der Waals surface area (Å²) in [6.07, 6.45) is 2.64. The Morgan fingerprint density at radius 1 is 1.20 bits per heavy atom. The molecule has 3 heterocycles. The van der Waals surface area contributed by atoms with Crippen molar-refractivity contribution in [2.24, 2.45) is 5.92 Å². The predicted octanol–water partition coefficient (Wildman–Crippen LogP) is 2.61. The summed E-state index contributed by atoms with van der Waals surface area (Å²) in [6.45, 7) is 1.28. The van der Waals surface area contributed by atoms with Crippen molar-refractivity contribution in [1.29, 1.82) is 0 Å². The fourth-order valence-corrected chi connectivity index (χ4v) is 3.91. The zero-order chi connectivity index (χ0) is 21.3. The third-order valence-electron chi connectivity index (χ3n) is 5.44. The summed E-state index contributed by atoms with van der Waals surface area (Å²) in [6, 6.07) is 8.67. The van der Waals surface area contributed by atoms with Gasteiger partial charge in [-0.3, -0.25) is 14.4 Å². The van der Waals surface area contributed by atoms with Crippen LogP contribution in [0.5, 0.6) is 0 Å². The van der Waals surface area contributed by atoms with Crippen LogP contribution in [-0.4, -0.2) is 54.3 Å². The average Bonchev–Trinajstić information content (AvgIpc) is 2.74. The highest BCUT2D eigenvalue weighted by Gasteiger charge is 2.29. The predicted molar refractivity (Wildman–Crippen MR) is 115 cm³/mol. The number of hydrogen-bond acceptors (Lipinski definition) is 5. The van der Waals surface area contributed by atoms with Crippen molar-refractivity contribution in [2.75, 3.05) is 42.2 Å². The molecule has 1 saturated heterocycles. The van der Waals surface area contributed by atoms with Gasteiger partial charge in [0.2, 0.25) is 11.8 Å². The summed E-state index contributed by atoms with van der Waals surface area (Å²) in [7, 11) is 1.84. The van der Waals surface area contributed by atoms with Gasteiger partial charge in [-0.25, -0.2) is 4.98 Å². The topological polar surface area (TPSA) is 94.6 Å². The number of anilines is 3. The van der Waals surface area contributed by atoms with Crippen molar-refractivity contribution in [1.82, 2.24) is 9.88 Å². The molecule has 0 atom stereocenters. The zero-order valence-corrected chi connectivity index (χ0v) is 17.3. The Hall–Kier alpha value is -3.13. The van der Waals surface area contributed by atoms with E-state index in [1.165, 1.54) is 6.20 Å². The lowest BCUT2D eigenvalue weighted by atomic mass is 9.95. The molecule has 0 aliphatic carbocycles. The maximum atomic E-state index is 12.9. The van der Waals surface area contributed by atoms with Crippen molar-refractivity contribution < 1.29 is 14.4 Å². The largest absolute Gasteiger partial charge is 0.364 e. The van der Waals surface area contributed by atoms with Crippen molar-refractivity contribution in [3.8, 4) is 0 Å². The number of pyridine rings is 1. The first kappa shape index (κ1) is 20.2. The minimum absolute atomic E-state index is 0.0986. The number of halogens is 1. The molecule has 1 fully saturated rings. The quantitative estimate of drug-likeness (QED) is 0.785. The molecule has 9 heteroatoms. The number of carbonyl (C=O) groups is 3. The van der Waals surface area contributed by atoms with Gasteiger partial charge in [-0.2, -0.15) is 0 Å². The van der Waals surface area contributed by atoms with E-state index in [0.717, 1.165) is 5.69 Å². The smallest absolute Gasteiger partial charge is 0.253 e. The number of likely N-dealkylation sites (N-methyl/N-ethyl adjacent to an activating group) is 1. The van der Waals surface area contributed by atoms with Gasteiger partial charge in [-0.05, 0) is 43.2 Å². The molecule has 0 bridgehead atoms. The molecular weight excluding hydrogens is 406 g/mol. The number of piperidine rings is 1. The molecule has 2 aliphatic heterocycles. The Morgan fingerprint density at radius 3 is 2.67 bits per heavy atom. The van der Waals surface area contributed by atoms with Crippen LogP contribution in [0.3, 0.4) is 0 Å². The molecule has 30 heavy (non-hydrogen) atoms. The summed E-state index contributed by atoms with van der Waals surface area (Å²) in [4.78, 5) is 44.9. The van der Waals surface area contributed by atoms with E-state index >= 15 is 0 Å². The second kappa shape index (κ2) is 8.31. The first-order chi connectivity index (χ1) is 14.4. The molecule has 2 N–H and O–H groups in total. The summed E-state index contributed by atoms with van der Waals surface area (Å²) in [5.74, 6) is -0.0152. The SMILES string of the molecule is CN1CC(=O)Nc2cc(C(=O)N3CCC(C(=O)Nc4ccc(Cl)cn4)CC3)ccc21. The Kier molecular flexibility index (Phi) is 5.59. The van der Waals surface area contributed by atoms with Crippen molar-refractivity contribution in [3.05, 3.63) is 47.1 Å². The lowest BCUT2D eigenvalue weighted by molar-refractivity contribution is -0.121. The van der Waals surface area contributed by atoms with E-state index in [1.54, 1.807) is 29.2 Å². The molecule has 1 aromatic heterocycles. The molecule has 2 aromatic rings. The first-order valence-electron chi connectivity index (χ1n) is 9.77. The summed E-state index contributed by atoms with van der Waals surface area (Å²) >= 11 is 5.81. The minimum Gasteiger partial charge on any atom is -0.364 e. The molecule has 0 radical (unpaired) electrons. The van der Waals surface area contributed by atoms with Crippen LogP contribution in [-0.2, 0) is 9.59 Å². The fraction of sp³-hybridized carbons (Fsp3) is 0.333. The number of carbonyl (C=O) groups excluding carboxylic acids is 3. The number of amides is 3. The number of benzene rings is 1. The van der Waals surface area contributed by atoms with Crippen LogP contribution in [0, 0.1) is 5.92 Å². The van der Waals surface area contributed by atoms with Gasteiger partial charge in [0.1, 0.15) is 5.82 Å². The second-order valence-electron chi connectivity index (χ2n) is 7.55. The summed E-state index contributed by atoms with van der Waals surface area (Å²) in [5, 5.41) is 6.13. The van der Waals surface area contributed by atoms with Crippen LogP contribution >= 0.6 is 11.6 Å². The molecule has 0 spiro atoms. The van der Waals surface area contributed by atoms with Gasteiger partial charge in [0.25, 0.3) is 5.91 Å². The number of hydrogen-bond donors (Lipinski definition) is 2. The zero-order valence-electron chi connectivity index (χ0n) is 16.5. The van der Waals surface area contributed by atoms with Gasteiger partial charge >= 0.3 is 0 Å². The Bertz CT molecular complexity index is 987. The van der Waals surface area contributed by atoms with Crippen LogP contribution in [0.25, 0.3) is 0 Å². The second-order valence-corrected chi connectivity index (χ2v) is 7.99.